The number of anilines is 2. The zero-order valence-electron chi connectivity index (χ0n) is 19.7. The summed E-state index contributed by atoms with van der Waals surface area (Å²) in [5, 5.41) is 14.6. The first-order valence-corrected chi connectivity index (χ1v) is 11.4. The highest BCUT2D eigenvalue weighted by atomic mass is 16.5. The number of amides is 2. The number of hydroxylamine groups is 1. The summed E-state index contributed by atoms with van der Waals surface area (Å²) in [7, 11) is 0. The molecule has 36 heavy (non-hydrogen) atoms. The number of carbonyl (C=O) groups excluding carboxylic acids is 3. The third-order valence-corrected chi connectivity index (χ3v) is 5.32. The van der Waals surface area contributed by atoms with Crippen molar-refractivity contribution in [1.29, 1.82) is 0 Å². The smallest absolute Gasteiger partial charge is 0.267 e. The SMILES string of the molecule is C#CCCCC(=O)Nc1ccc(C(=O)c2ccc(NCc3ccc(/C=C/C(=O)NO)cc3)cc2)cc1. The molecule has 0 fully saturated rings. The van der Waals surface area contributed by atoms with Crippen molar-refractivity contribution in [3.8, 4) is 12.3 Å². The predicted molar refractivity (Wildman–Crippen MR) is 140 cm³/mol. The van der Waals surface area contributed by atoms with E-state index >= 15 is 0 Å². The quantitative estimate of drug-likeness (QED) is 0.0787. The van der Waals surface area contributed by atoms with Gasteiger partial charge < -0.3 is 10.6 Å². The minimum absolute atomic E-state index is 0.104. The van der Waals surface area contributed by atoms with Crippen LogP contribution in [0, 0.1) is 12.3 Å². The van der Waals surface area contributed by atoms with Crippen molar-refractivity contribution >= 4 is 35.0 Å². The van der Waals surface area contributed by atoms with Crippen molar-refractivity contribution in [2.75, 3.05) is 10.6 Å². The molecule has 0 unspecified atom stereocenters. The van der Waals surface area contributed by atoms with Gasteiger partial charge in [0.25, 0.3) is 5.91 Å². The third kappa shape index (κ3) is 7.97. The monoisotopic (exact) mass is 481 g/mol. The summed E-state index contributed by atoms with van der Waals surface area (Å²) >= 11 is 0. The summed E-state index contributed by atoms with van der Waals surface area (Å²) in [6.07, 6.45) is 9.61. The average molecular weight is 482 g/mol. The lowest BCUT2D eigenvalue weighted by molar-refractivity contribution is -0.124. The molecule has 0 atom stereocenters. The molecule has 4 N–H and O–H groups in total. The van der Waals surface area contributed by atoms with Crippen LogP contribution in [0.25, 0.3) is 6.08 Å². The molecule has 3 aromatic rings. The Morgan fingerprint density at radius 2 is 1.47 bits per heavy atom. The Kier molecular flexibility index (Phi) is 9.57. The molecule has 2 amide bonds. The lowest BCUT2D eigenvalue weighted by Gasteiger charge is -2.09. The van der Waals surface area contributed by atoms with Gasteiger partial charge in [0.05, 0.1) is 0 Å². The van der Waals surface area contributed by atoms with Gasteiger partial charge in [-0.05, 0) is 72.2 Å². The van der Waals surface area contributed by atoms with Crippen LogP contribution in [0.5, 0.6) is 0 Å². The number of benzene rings is 3. The summed E-state index contributed by atoms with van der Waals surface area (Å²) in [6.45, 7) is 0.588. The number of carbonyl (C=O) groups is 3. The Morgan fingerprint density at radius 3 is 2.06 bits per heavy atom. The zero-order valence-corrected chi connectivity index (χ0v) is 19.7. The topological polar surface area (TPSA) is 108 Å². The Bertz CT molecular complexity index is 1260. The molecule has 7 nitrogen and oxygen atoms in total. The Labute approximate surface area is 210 Å². The number of nitrogens with one attached hydrogen (secondary N) is 3. The molecule has 0 aliphatic carbocycles. The molecule has 3 rings (SSSR count). The van der Waals surface area contributed by atoms with E-state index < -0.39 is 5.91 Å². The van der Waals surface area contributed by atoms with Gasteiger partial charge in [-0.3, -0.25) is 19.6 Å². The van der Waals surface area contributed by atoms with E-state index in [1.807, 2.05) is 36.4 Å². The van der Waals surface area contributed by atoms with E-state index in [2.05, 4.69) is 16.6 Å². The summed E-state index contributed by atoms with van der Waals surface area (Å²) < 4.78 is 0. The van der Waals surface area contributed by atoms with Gasteiger partial charge in [-0.25, -0.2) is 5.48 Å². The molecule has 0 heterocycles. The van der Waals surface area contributed by atoms with E-state index in [1.54, 1.807) is 48.0 Å². The Balaban J connectivity index is 1.51. The fraction of sp³-hybridized carbons (Fsp3) is 0.138. The van der Waals surface area contributed by atoms with Crippen molar-refractivity contribution in [3.05, 3.63) is 101 Å². The van der Waals surface area contributed by atoms with Gasteiger partial charge in [0.15, 0.2) is 5.78 Å². The van der Waals surface area contributed by atoms with Gasteiger partial charge in [-0.2, -0.15) is 0 Å². The van der Waals surface area contributed by atoms with Crippen molar-refractivity contribution < 1.29 is 19.6 Å². The van der Waals surface area contributed by atoms with Crippen LogP contribution in [0.3, 0.4) is 0 Å². The number of rotatable bonds is 11. The van der Waals surface area contributed by atoms with Crippen LogP contribution in [-0.2, 0) is 16.1 Å². The van der Waals surface area contributed by atoms with E-state index in [4.69, 9.17) is 11.6 Å². The van der Waals surface area contributed by atoms with E-state index in [1.165, 1.54) is 6.08 Å². The number of ketones is 1. The van der Waals surface area contributed by atoms with Crippen molar-refractivity contribution in [3.63, 3.8) is 0 Å². The first-order chi connectivity index (χ1) is 17.5. The maximum Gasteiger partial charge on any atom is 0.267 e. The maximum atomic E-state index is 12.8. The summed E-state index contributed by atoms with van der Waals surface area (Å²) in [6, 6.07) is 21.7. The molecule has 182 valence electrons. The first kappa shape index (κ1) is 25.9. The maximum absolute atomic E-state index is 12.8. The van der Waals surface area contributed by atoms with Crippen LogP contribution in [0.15, 0.2) is 78.9 Å². The fourth-order valence-electron chi connectivity index (χ4n) is 3.35. The van der Waals surface area contributed by atoms with Gasteiger partial charge in [0.1, 0.15) is 0 Å². The van der Waals surface area contributed by atoms with Crippen molar-refractivity contribution in [2.24, 2.45) is 0 Å². The first-order valence-electron chi connectivity index (χ1n) is 11.4. The number of hydrogen-bond acceptors (Lipinski definition) is 5. The Morgan fingerprint density at radius 1 is 0.861 bits per heavy atom. The van der Waals surface area contributed by atoms with Gasteiger partial charge in [0, 0.05) is 48.0 Å². The minimum Gasteiger partial charge on any atom is -0.381 e. The molecule has 0 saturated carbocycles. The minimum atomic E-state index is -0.587. The van der Waals surface area contributed by atoms with Gasteiger partial charge >= 0.3 is 0 Å². The highest BCUT2D eigenvalue weighted by Gasteiger charge is 2.10. The Hall–Kier alpha value is -4.67. The van der Waals surface area contributed by atoms with Gasteiger partial charge in [0.2, 0.25) is 5.91 Å². The van der Waals surface area contributed by atoms with Crippen LogP contribution < -0.4 is 16.1 Å². The second kappa shape index (κ2) is 13.3. The molecule has 0 bridgehead atoms. The molecule has 0 radical (unpaired) electrons. The molecule has 0 aliphatic heterocycles. The number of unbranched alkanes of at least 4 members (excludes halogenated alkanes) is 1. The van der Waals surface area contributed by atoms with Gasteiger partial charge in [-0.1, -0.05) is 24.3 Å². The van der Waals surface area contributed by atoms with Crippen LogP contribution in [-0.4, -0.2) is 22.8 Å². The van der Waals surface area contributed by atoms with Crippen molar-refractivity contribution in [2.45, 2.75) is 25.8 Å². The van der Waals surface area contributed by atoms with E-state index in [0.29, 0.717) is 42.6 Å². The standard InChI is InChI=1S/C29H27N3O4/c1-2-3-4-5-27(33)31-26-17-13-24(14-18-26)29(35)23-11-15-25(16-12-23)30-20-22-8-6-21(7-9-22)10-19-28(34)32-36/h1,6-19,30,36H,3-5,20H2,(H,31,33)(H,32,34)/b19-10+. The fourth-order valence-corrected chi connectivity index (χ4v) is 3.35. The van der Waals surface area contributed by atoms with Crippen LogP contribution in [0.1, 0.15) is 46.3 Å². The van der Waals surface area contributed by atoms with E-state index in [-0.39, 0.29) is 11.7 Å². The van der Waals surface area contributed by atoms with Crippen LogP contribution in [0.4, 0.5) is 11.4 Å². The van der Waals surface area contributed by atoms with Crippen LogP contribution in [0.2, 0.25) is 0 Å². The predicted octanol–water partition coefficient (Wildman–Crippen LogP) is 4.79. The normalized spacial score (nSPS) is 10.4. The molecule has 3 aromatic carbocycles. The number of hydrogen-bond donors (Lipinski definition) is 4. The van der Waals surface area contributed by atoms with E-state index in [0.717, 1.165) is 16.8 Å². The molecule has 0 aliphatic rings. The summed E-state index contributed by atoms with van der Waals surface area (Å²) in [5.74, 6) is 1.71. The van der Waals surface area contributed by atoms with E-state index in [9.17, 15) is 14.4 Å². The van der Waals surface area contributed by atoms with Gasteiger partial charge in [-0.15, -0.1) is 12.3 Å². The molecule has 7 heteroatoms. The average Bonchev–Trinajstić information content (AvgIpc) is 2.91. The second-order valence-corrected chi connectivity index (χ2v) is 7.99. The lowest BCUT2D eigenvalue weighted by Crippen LogP contribution is -2.14. The number of terminal acetylenes is 1. The second-order valence-electron chi connectivity index (χ2n) is 7.99. The molecule has 0 aromatic heterocycles. The summed E-state index contributed by atoms with van der Waals surface area (Å²) in [5.41, 5.74) is 6.03. The largest absolute Gasteiger partial charge is 0.381 e. The molecular formula is C29H27N3O4. The lowest BCUT2D eigenvalue weighted by atomic mass is 10.0. The molecule has 0 spiro atoms. The highest BCUT2D eigenvalue weighted by molar-refractivity contribution is 6.09. The van der Waals surface area contributed by atoms with Crippen molar-refractivity contribution in [1.82, 2.24) is 5.48 Å². The highest BCUT2D eigenvalue weighted by Crippen LogP contribution is 2.17. The van der Waals surface area contributed by atoms with Crippen LogP contribution >= 0.6 is 0 Å². The summed E-state index contributed by atoms with van der Waals surface area (Å²) in [4.78, 5) is 35.8. The zero-order chi connectivity index (χ0) is 25.8. The molecular weight excluding hydrogens is 454 g/mol. The molecule has 0 saturated heterocycles. The third-order valence-electron chi connectivity index (χ3n) is 5.32.